The molecule has 0 aliphatic carbocycles. The van der Waals surface area contributed by atoms with Crippen molar-refractivity contribution in [2.24, 2.45) is 5.73 Å². The van der Waals surface area contributed by atoms with Crippen LogP contribution in [0.2, 0.25) is 0 Å². The van der Waals surface area contributed by atoms with E-state index in [9.17, 15) is 4.79 Å². The van der Waals surface area contributed by atoms with Gasteiger partial charge in [-0.1, -0.05) is 0 Å². The summed E-state index contributed by atoms with van der Waals surface area (Å²) in [5, 5.41) is 0. The second-order valence-electron chi connectivity index (χ2n) is 3.83. The van der Waals surface area contributed by atoms with Crippen LogP contribution < -0.4 is 15.5 Å². The van der Waals surface area contributed by atoms with Gasteiger partial charge in [0.15, 0.2) is 5.82 Å². The van der Waals surface area contributed by atoms with Gasteiger partial charge in [-0.3, -0.25) is 4.90 Å². The lowest BCUT2D eigenvalue weighted by molar-refractivity contribution is 0.252. The normalized spacial score (nSPS) is 22.8. The van der Waals surface area contributed by atoms with Gasteiger partial charge in [-0.25, -0.2) is 14.8 Å². The van der Waals surface area contributed by atoms with Gasteiger partial charge >= 0.3 is 6.03 Å². The predicted octanol–water partition coefficient (Wildman–Crippen LogP) is -0.0460. The average molecular weight is 205 g/mol. The smallest absolute Gasteiger partial charge is 0.320 e. The molecule has 78 valence electrons. The molecule has 1 atom stereocenters. The highest BCUT2D eigenvalue weighted by atomic mass is 16.2. The van der Waals surface area contributed by atoms with E-state index < -0.39 is 6.03 Å². The number of amides is 2. The minimum Gasteiger partial charge on any atom is -0.365 e. The van der Waals surface area contributed by atoms with E-state index in [1.54, 1.807) is 11.1 Å². The third-order valence-corrected chi connectivity index (χ3v) is 3.01. The molecule has 2 N–H and O–H groups in total. The molecular formula is C9H11N5O. The molecule has 2 amide bonds. The summed E-state index contributed by atoms with van der Waals surface area (Å²) in [6, 6.07) is -0.258. The van der Waals surface area contributed by atoms with Crippen molar-refractivity contribution in [2.75, 3.05) is 22.9 Å². The monoisotopic (exact) mass is 205 g/mol. The van der Waals surface area contributed by atoms with E-state index in [2.05, 4.69) is 14.9 Å². The molecule has 6 nitrogen and oxygen atoms in total. The Hall–Kier alpha value is -1.85. The van der Waals surface area contributed by atoms with Crippen molar-refractivity contribution in [1.82, 2.24) is 9.97 Å². The first-order valence-electron chi connectivity index (χ1n) is 4.91. The molecule has 1 saturated heterocycles. The summed E-state index contributed by atoms with van der Waals surface area (Å²) in [5.74, 6) is 0.645. The average Bonchev–Trinajstić information content (AvgIpc) is 2.63. The Morgan fingerprint density at radius 2 is 2.47 bits per heavy atom. The zero-order valence-corrected chi connectivity index (χ0v) is 8.13. The summed E-state index contributed by atoms with van der Waals surface area (Å²) in [6.07, 6.45) is 4.12. The number of nitrogens with zero attached hydrogens (tertiary/aromatic N) is 4. The largest absolute Gasteiger partial charge is 0.365 e. The number of hydrogen-bond donors (Lipinski definition) is 1. The molecule has 2 aliphatic rings. The first-order chi connectivity index (χ1) is 7.27. The fourth-order valence-electron chi connectivity index (χ4n) is 2.35. The highest BCUT2D eigenvalue weighted by molar-refractivity contribution is 5.95. The summed E-state index contributed by atoms with van der Waals surface area (Å²) >= 11 is 0. The number of aromatic nitrogens is 2. The Bertz CT molecular complexity index is 421. The summed E-state index contributed by atoms with van der Waals surface area (Å²) in [4.78, 5) is 23.3. The molecule has 6 heteroatoms. The Kier molecular flexibility index (Phi) is 1.59. The SMILES string of the molecule is NC(=O)N1c2ncncc2N2CCC1C2. The highest BCUT2D eigenvalue weighted by Crippen LogP contribution is 2.37. The number of rotatable bonds is 0. The van der Waals surface area contributed by atoms with Crippen LogP contribution in [0, 0.1) is 0 Å². The number of carbonyl (C=O) groups is 1. The molecular weight excluding hydrogens is 194 g/mol. The van der Waals surface area contributed by atoms with E-state index in [1.807, 2.05) is 0 Å². The first kappa shape index (κ1) is 8.46. The van der Waals surface area contributed by atoms with E-state index in [1.165, 1.54) is 6.33 Å². The topological polar surface area (TPSA) is 75.4 Å². The summed E-state index contributed by atoms with van der Waals surface area (Å²) in [6.45, 7) is 1.78. The summed E-state index contributed by atoms with van der Waals surface area (Å²) in [7, 11) is 0. The van der Waals surface area contributed by atoms with Gasteiger partial charge in [0.25, 0.3) is 0 Å². The first-order valence-corrected chi connectivity index (χ1v) is 4.91. The van der Waals surface area contributed by atoms with Crippen molar-refractivity contribution in [3.8, 4) is 0 Å². The van der Waals surface area contributed by atoms with Crippen LogP contribution in [0.5, 0.6) is 0 Å². The third-order valence-electron chi connectivity index (χ3n) is 3.01. The van der Waals surface area contributed by atoms with Crippen LogP contribution in [0.1, 0.15) is 6.42 Å². The van der Waals surface area contributed by atoms with E-state index in [0.717, 1.165) is 25.2 Å². The zero-order valence-electron chi connectivity index (χ0n) is 8.13. The lowest BCUT2D eigenvalue weighted by Gasteiger charge is -2.33. The van der Waals surface area contributed by atoms with Crippen LogP contribution in [0.4, 0.5) is 16.3 Å². The van der Waals surface area contributed by atoms with Gasteiger partial charge in [0.1, 0.15) is 6.33 Å². The van der Waals surface area contributed by atoms with Crippen molar-refractivity contribution in [2.45, 2.75) is 12.5 Å². The van der Waals surface area contributed by atoms with Crippen molar-refractivity contribution in [3.05, 3.63) is 12.5 Å². The van der Waals surface area contributed by atoms with Gasteiger partial charge in [-0.15, -0.1) is 0 Å². The fourth-order valence-corrected chi connectivity index (χ4v) is 2.35. The lowest BCUT2D eigenvalue weighted by Crippen LogP contribution is -2.48. The second-order valence-corrected chi connectivity index (χ2v) is 3.83. The molecule has 0 radical (unpaired) electrons. The predicted molar refractivity (Wildman–Crippen MR) is 54.7 cm³/mol. The lowest BCUT2D eigenvalue weighted by atomic mass is 10.2. The zero-order chi connectivity index (χ0) is 10.4. The molecule has 0 spiro atoms. The fraction of sp³-hybridized carbons (Fsp3) is 0.444. The summed E-state index contributed by atoms with van der Waals surface area (Å²) < 4.78 is 0. The standard InChI is InChI=1S/C9H11N5O/c10-9(15)14-6-1-2-13(4-6)7-3-11-5-12-8(7)14/h3,5-6H,1-2,4H2,(H2,10,15). The minimum absolute atomic E-state index is 0.171. The molecule has 3 rings (SSSR count). The Labute approximate surface area is 86.7 Å². The van der Waals surface area contributed by atoms with Crippen LogP contribution in [0.15, 0.2) is 12.5 Å². The molecule has 1 fully saturated rings. The van der Waals surface area contributed by atoms with Gasteiger partial charge < -0.3 is 10.6 Å². The van der Waals surface area contributed by atoms with Crippen LogP contribution in [-0.4, -0.2) is 35.1 Å². The van der Waals surface area contributed by atoms with Gasteiger partial charge in [0.2, 0.25) is 0 Å². The van der Waals surface area contributed by atoms with E-state index in [-0.39, 0.29) is 6.04 Å². The number of carbonyl (C=O) groups excluding carboxylic acids is 1. The number of hydrogen-bond acceptors (Lipinski definition) is 4. The maximum absolute atomic E-state index is 11.4. The molecule has 1 unspecified atom stereocenters. The Balaban J connectivity index is 2.15. The molecule has 2 aliphatic heterocycles. The quantitative estimate of drug-likeness (QED) is 0.644. The molecule has 2 bridgehead atoms. The van der Waals surface area contributed by atoms with Crippen LogP contribution in [0.25, 0.3) is 0 Å². The minimum atomic E-state index is -0.429. The Morgan fingerprint density at radius 1 is 1.60 bits per heavy atom. The molecule has 0 saturated carbocycles. The Morgan fingerprint density at radius 3 is 3.27 bits per heavy atom. The molecule has 15 heavy (non-hydrogen) atoms. The third kappa shape index (κ3) is 1.07. The van der Waals surface area contributed by atoms with Crippen molar-refractivity contribution < 1.29 is 4.79 Å². The molecule has 3 heterocycles. The van der Waals surface area contributed by atoms with Crippen molar-refractivity contribution in [3.63, 3.8) is 0 Å². The van der Waals surface area contributed by atoms with Crippen LogP contribution in [0.3, 0.4) is 0 Å². The van der Waals surface area contributed by atoms with E-state index in [0.29, 0.717) is 5.82 Å². The van der Waals surface area contributed by atoms with Gasteiger partial charge in [0, 0.05) is 13.1 Å². The van der Waals surface area contributed by atoms with Crippen LogP contribution >= 0.6 is 0 Å². The maximum atomic E-state index is 11.4. The number of urea groups is 1. The van der Waals surface area contributed by atoms with Gasteiger partial charge in [-0.05, 0) is 6.42 Å². The molecule has 1 aromatic heterocycles. The summed E-state index contributed by atoms with van der Waals surface area (Å²) in [5.41, 5.74) is 6.28. The van der Waals surface area contributed by atoms with E-state index in [4.69, 9.17) is 5.73 Å². The van der Waals surface area contributed by atoms with Crippen molar-refractivity contribution in [1.29, 1.82) is 0 Å². The van der Waals surface area contributed by atoms with E-state index >= 15 is 0 Å². The number of anilines is 2. The number of nitrogens with two attached hydrogens (primary N) is 1. The highest BCUT2D eigenvalue weighted by Gasteiger charge is 2.39. The van der Waals surface area contributed by atoms with Crippen LogP contribution in [-0.2, 0) is 0 Å². The second kappa shape index (κ2) is 2.82. The number of primary amides is 1. The molecule has 1 aromatic rings. The van der Waals surface area contributed by atoms with Gasteiger partial charge in [-0.2, -0.15) is 0 Å². The molecule has 0 aromatic carbocycles. The van der Waals surface area contributed by atoms with Gasteiger partial charge in [0.05, 0.1) is 17.9 Å². The maximum Gasteiger partial charge on any atom is 0.320 e. The number of fused-ring (bicyclic) bond motifs is 4. The van der Waals surface area contributed by atoms with Crippen molar-refractivity contribution >= 4 is 17.5 Å².